The van der Waals surface area contributed by atoms with Gasteiger partial charge in [0.05, 0.1) is 5.76 Å². The van der Waals surface area contributed by atoms with Crippen molar-refractivity contribution >= 4 is 0 Å². The molecule has 0 aromatic rings. The number of aliphatic hydroxyl groups is 1. The second kappa shape index (κ2) is 3.21. The van der Waals surface area contributed by atoms with Crippen LogP contribution >= 0.6 is 0 Å². The number of rotatable bonds is 1. The topological polar surface area (TPSA) is 32.3 Å². The molecule has 2 nitrogen and oxygen atoms in total. The quantitative estimate of drug-likeness (QED) is 0.629. The largest absolute Gasteiger partial charge is 0.512 e. The Labute approximate surface area is 74.0 Å². The van der Waals surface area contributed by atoms with E-state index < -0.39 is 0 Å². The Balaban J connectivity index is 2.59. The van der Waals surface area contributed by atoms with E-state index in [1.807, 2.05) is 0 Å². The second-order valence-corrected chi connectivity index (χ2v) is 4.21. The average Bonchev–Trinajstić information content (AvgIpc) is 1.82. The lowest BCUT2D eigenvalue weighted by molar-refractivity contribution is 0.382. The van der Waals surface area contributed by atoms with Crippen LogP contribution in [-0.4, -0.2) is 10.6 Å². The van der Waals surface area contributed by atoms with E-state index in [-0.39, 0.29) is 5.54 Å². The first-order valence-corrected chi connectivity index (χ1v) is 4.35. The summed E-state index contributed by atoms with van der Waals surface area (Å²) in [5.74, 6) is 0.476. The third-order valence-electron chi connectivity index (χ3n) is 1.61. The summed E-state index contributed by atoms with van der Waals surface area (Å²) in [6.07, 6.45) is 5.62. The molecule has 0 aromatic carbocycles. The SMILES string of the molecule is CC(C)(C)NC1=CCCC(O)=C1. The third kappa shape index (κ3) is 2.99. The maximum Gasteiger partial charge on any atom is 0.0946 e. The molecule has 0 radical (unpaired) electrons. The fourth-order valence-electron chi connectivity index (χ4n) is 1.21. The summed E-state index contributed by atoms with van der Waals surface area (Å²) in [7, 11) is 0. The third-order valence-corrected chi connectivity index (χ3v) is 1.61. The van der Waals surface area contributed by atoms with Crippen LogP contribution in [0.1, 0.15) is 33.6 Å². The van der Waals surface area contributed by atoms with Crippen LogP contribution in [0.15, 0.2) is 23.6 Å². The minimum Gasteiger partial charge on any atom is -0.512 e. The fourth-order valence-corrected chi connectivity index (χ4v) is 1.21. The van der Waals surface area contributed by atoms with Crippen molar-refractivity contribution in [3.8, 4) is 0 Å². The van der Waals surface area contributed by atoms with Crippen molar-refractivity contribution in [1.29, 1.82) is 0 Å². The van der Waals surface area contributed by atoms with E-state index in [9.17, 15) is 5.11 Å². The second-order valence-electron chi connectivity index (χ2n) is 4.21. The van der Waals surface area contributed by atoms with Gasteiger partial charge >= 0.3 is 0 Å². The smallest absolute Gasteiger partial charge is 0.0946 e. The maximum absolute atomic E-state index is 9.26. The van der Waals surface area contributed by atoms with Crippen LogP contribution in [0.4, 0.5) is 0 Å². The first kappa shape index (κ1) is 9.17. The molecule has 0 unspecified atom stereocenters. The Kier molecular flexibility index (Phi) is 2.46. The van der Waals surface area contributed by atoms with Crippen molar-refractivity contribution in [3.63, 3.8) is 0 Å². The standard InChI is InChI=1S/C10H17NO/c1-10(2,3)11-8-5-4-6-9(12)7-8/h5,7,11-12H,4,6H2,1-3H3. The van der Waals surface area contributed by atoms with Gasteiger partial charge in [0.2, 0.25) is 0 Å². The van der Waals surface area contributed by atoms with Crippen molar-refractivity contribution in [1.82, 2.24) is 5.32 Å². The van der Waals surface area contributed by atoms with Crippen LogP contribution in [0.5, 0.6) is 0 Å². The summed E-state index contributed by atoms with van der Waals surface area (Å²) >= 11 is 0. The predicted octanol–water partition coefficient (Wildman–Crippen LogP) is 2.49. The van der Waals surface area contributed by atoms with Gasteiger partial charge in [-0.25, -0.2) is 0 Å². The molecular formula is C10H17NO. The van der Waals surface area contributed by atoms with Crippen molar-refractivity contribution in [3.05, 3.63) is 23.6 Å². The maximum atomic E-state index is 9.26. The van der Waals surface area contributed by atoms with Gasteiger partial charge in [-0.3, -0.25) is 0 Å². The average molecular weight is 167 g/mol. The van der Waals surface area contributed by atoms with Gasteiger partial charge in [-0.2, -0.15) is 0 Å². The van der Waals surface area contributed by atoms with E-state index >= 15 is 0 Å². The number of hydrogen-bond acceptors (Lipinski definition) is 2. The van der Waals surface area contributed by atoms with E-state index in [1.165, 1.54) is 0 Å². The van der Waals surface area contributed by atoms with Crippen LogP contribution < -0.4 is 5.32 Å². The molecule has 2 heteroatoms. The van der Waals surface area contributed by atoms with Gasteiger partial charge < -0.3 is 10.4 Å². The summed E-state index contributed by atoms with van der Waals surface area (Å²) in [5, 5.41) is 12.6. The monoisotopic (exact) mass is 167 g/mol. The molecule has 0 atom stereocenters. The summed E-state index contributed by atoms with van der Waals surface area (Å²) in [4.78, 5) is 0. The highest BCUT2D eigenvalue weighted by Gasteiger charge is 2.11. The van der Waals surface area contributed by atoms with Gasteiger partial charge in [0, 0.05) is 17.7 Å². The number of allylic oxidation sites excluding steroid dienone is 3. The van der Waals surface area contributed by atoms with E-state index in [4.69, 9.17) is 0 Å². The summed E-state index contributed by atoms with van der Waals surface area (Å²) in [6.45, 7) is 6.31. The van der Waals surface area contributed by atoms with Crippen LogP contribution in [0, 0.1) is 0 Å². The van der Waals surface area contributed by atoms with Crippen molar-refractivity contribution in [2.45, 2.75) is 39.2 Å². The molecule has 0 bridgehead atoms. The zero-order valence-electron chi connectivity index (χ0n) is 8.02. The molecule has 0 amide bonds. The summed E-state index contributed by atoms with van der Waals surface area (Å²) < 4.78 is 0. The Morgan fingerprint density at radius 3 is 2.58 bits per heavy atom. The molecule has 1 rings (SSSR count). The predicted molar refractivity (Wildman–Crippen MR) is 50.9 cm³/mol. The molecule has 68 valence electrons. The zero-order chi connectivity index (χ0) is 9.19. The molecule has 0 fully saturated rings. The lowest BCUT2D eigenvalue weighted by Gasteiger charge is -2.24. The molecule has 0 heterocycles. The number of hydrogen-bond donors (Lipinski definition) is 2. The van der Waals surface area contributed by atoms with Crippen molar-refractivity contribution in [2.24, 2.45) is 0 Å². The van der Waals surface area contributed by atoms with Gasteiger partial charge in [-0.1, -0.05) is 6.08 Å². The van der Waals surface area contributed by atoms with Crippen LogP contribution in [0.3, 0.4) is 0 Å². The Morgan fingerprint density at radius 2 is 2.08 bits per heavy atom. The first-order chi connectivity index (χ1) is 5.47. The van der Waals surface area contributed by atoms with Gasteiger partial charge in [0.1, 0.15) is 0 Å². The molecule has 0 saturated carbocycles. The molecule has 1 aliphatic rings. The number of nitrogens with one attached hydrogen (secondary N) is 1. The van der Waals surface area contributed by atoms with Gasteiger partial charge in [0.15, 0.2) is 0 Å². The molecule has 12 heavy (non-hydrogen) atoms. The lowest BCUT2D eigenvalue weighted by Crippen LogP contribution is -2.34. The minimum atomic E-state index is 0.0694. The molecule has 0 saturated heterocycles. The molecule has 2 N–H and O–H groups in total. The zero-order valence-corrected chi connectivity index (χ0v) is 8.02. The Morgan fingerprint density at radius 1 is 1.42 bits per heavy atom. The highest BCUT2D eigenvalue weighted by atomic mass is 16.3. The normalized spacial score (nSPS) is 18.2. The van der Waals surface area contributed by atoms with E-state index in [2.05, 4.69) is 32.2 Å². The van der Waals surface area contributed by atoms with Crippen molar-refractivity contribution < 1.29 is 5.11 Å². The summed E-state index contributed by atoms with van der Waals surface area (Å²) in [5.41, 5.74) is 1.10. The molecule has 0 aliphatic heterocycles. The number of aliphatic hydroxyl groups excluding tert-OH is 1. The molecule has 0 spiro atoms. The first-order valence-electron chi connectivity index (χ1n) is 4.35. The van der Waals surface area contributed by atoms with E-state index in [0.29, 0.717) is 5.76 Å². The van der Waals surface area contributed by atoms with Gasteiger partial charge in [0.25, 0.3) is 0 Å². The van der Waals surface area contributed by atoms with Crippen molar-refractivity contribution in [2.75, 3.05) is 0 Å². The Bertz CT molecular complexity index is 220. The van der Waals surface area contributed by atoms with Gasteiger partial charge in [-0.15, -0.1) is 0 Å². The Hall–Kier alpha value is -0.920. The highest BCUT2D eigenvalue weighted by molar-refractivity contribution is 5.24. The van der Waals surface area contributed by atoms with E-state index in [0.717, 1.165) is 18.5 Å². The van der Waals surface area contributed by atoms with Crippen LogP contribution in [0.2, 0.25) is 0 Å². The van der Waals surface area contributed by atoms with Crippen LogP contribution in [0.25, 0.3) is 0 Å². The molecular weight excluding hydrogens is 150 g/mol. The van der Waals surface area contributed by atoms with E-state index in [1.54, 1.807) is 6.08 Å². The highest BCUT2D eigenvalue weighted by Crippen LogP contribution is 2.15. The van der Waals surface area contributed by atoms with Crippen LogP contribution in [-0.2, 0) is 0 Å². The summed E-state index contributed by atoms with van der Waals surface area (Å²) in [6, 6.07) is 0. The lowest BCUT2D eigenvalue weighted by atomic mass is 10.1. The fraction of sp³-hybridized carbons (Fsp3) is 0.600. The van der Waals surface area contributed by atoms with Gasteiger partial charge in [-0.05, 0) is 33.3 Å². The molecule has 0 aromatic heterocycles. The minimum absolute atomic E-state index is 0.0694. The molecule has 1 aliphatic carbocycles.